The van der Waals surface area contributed by atoms with Gasteiger partial charge in [0.2, 0.25) is 0 Å². The summed E-state index contributed by atoms with van der Waals surface area (Å²) in [5.74, 6) is -2.75. The molecule has 1 saturated heterocycles. The lowest BCUT2D eigenvalue weighted by atomic mass is 9.88. The summed E-state index contributed by atoms with van der Waals surface area (Å²) in [6, 6.07) is 1.34. The van der Waals surface area contributed by atoms with Gasteiger partial charge in [-0.25, -0.2) is 18.7 Å². The second-order valence-corrected chi connectivity index (χ2v) is 7.28. The van der Waals surface area contributed by atoms with Crippen molar-refractivity contribution in [1.82, 2.24) is 14.5 Å². The highest BCUT2D eigenvalue weighted by molar-refractivity contribution is 6.31. The summed E-state index contributed by atoms with van der Waals surface area (Å²) >= 11 is 6.11. The van der Waals surface area contributed by atoms with Crippen LogP contribution in [-0.4, -0.2) is 66.7 Å². The molecule has 2 aromatic rings. The minimum atomic E-state index is -2.75. The molecule has 150 valence electrons. The first-order valence-corrected chi connectivity index (χ1v) is 8.86. The third-order valence-corrected chi connectivity index (χ3v) is 5.28. The molecule has 2 aromatic heterocycles. The number of hydrogen-bond donors (Lipinski definition) is 4. The third-order valence-electron chi connectivity index (χ3n) is 5.01. The van der Waals surface area contributed by atoms with Crippen LogP contribution < -0.4 is 5.32 Å². The SMILES string of the molecule is N#Cc1c(Cl)nc2c(ncn2[C@@H]2O[C@@H](CO)[C@@H](O)[C@H]2O)c1NC1CC(F)(F)C1. The van der Waals surface area contributed by atoms with Crippen molar-refractivity contribution in [1.29, 1.82) is 5.26 Å². The Hall–Kier alpha value is -2.10. The maximum Gasteiger partial charge on any atom is 0.252 e. The number of halogens is 3. The Morgan fingerprint density at radius 3 is 2.68 bits per heavy atom. The second kappa shape index (κ2) is 6.75. The number of aliphatic hydroxyl groups excluding tert-OH is 3. The molecule has 0 aromatic carbocycles. The summed E-state index contributed by atoms with van der Waals surface area (Å²) in [7, 11) is 0. The van der Waals surface area contributed by atoms with Gasteiger partial charge in [-0.15, -0.1) is 0 Å². The van der Waals surface area contributed by atoms with E-state index in [2.05, 4.69) is 15.3 Å². The molecule has 4 N–H and O–H groups in total. The molecule has 3 heterocycles. The standard InChI is InChI=1S/C16H16ClF2N5O4/c17-13-7(3-20)9(22-6-1-16(18,19)2-6)10-14(23-13)24(5-21-10)15-12(27)11(26)8(4-25)28-15/h5-6,8,11-12,15,25-27H,1-2,4H2,(H,22,23)/t8-,11+,12+,15+/m0/s1. The number of nitriles is 1. The number of hydrogen-bond acceptors (Lipinski definition) is 8. The highest BCUT2D eigenvalue weighted by Crippen LogP contribution is 2.41. The molecule has 0 radical (unpaired) electrons. The van der Waals surface area contributed by atoms with Crippen LogP contribution in [0.2, 0.25) is 5.15 Å². The zero-order valence-electron chi connectivity index (χ0n) is 14.3. The lowest BCUT2D eigenvalue weighted by molar-refractivity contribution is -0.0793. The quantitative estimate of drug-likeness (QED) is 0.538. The Morgan fingerprint density at radius 1 is 1.39 bits per heavy atom. The van der Waals surface area contributed by atoms with Crippen molar-refractivity contribution in [2.45, 2.75) is 49.3 Å². The molecule has 1 aliphatic carbocycles. The van der Waals surface area contributed by atoms with Crippen LogP contribution >= 0.6 is 11.6 Å². The molecule has 2 aliphatic rings. The van der Waals surface area contributed by atoms with Gasteiger partial charge in [0.15, 0.2) is 17.0 Å². The van der Waals surface area contributed by atoms with Crippen molar-refractivity contribution in [3.63, 3.8) is 0 Å². The van der Waals surface area contributed by atoms with E-state index in [1.807, 2.05) is 6.07 Å². The number of nitrogens with zero attached hydrogens (tertiary/aromatic N) is 4. The average Bonchev–Trinajstić information content (AvgIpc) is 3.15. The van der Waals surface area contributed by atoms with Gasteiger partial charge in [0, 0.05) is 18.9 Å². The molecule has 0 amide bonds. The number of fused-ring (bicyclic) bond motifs is 1. The van der Waals surface area contributed by atoms with E-state index < -0.39 is 43.1 Å². The van der Waals surface area contributed by atoms with E-state index in [1.54, 1.807) is 0 Å². The highest BCUT2D eigenvalue weighted by atomic mass is 35.5. The number of alkyl halides is 2. The van der Waals surface area contributed by atoms with Gasteiger partial charge in [-0.2, -0.15) is 5.26 Å². The Morgan fingerprint density at radius 2 is 2.11 bits per heavy atom. The van der Waals surface area contributed by atoms with Gasteiger partial charge in [-0.3, -0.25) is 4.57 Å². The van der Waals surface area contributed by atoms with Crippen LogP contribution in [0.15, 0.2) is 6.33 Å². The Bertz CT molecular complexity index is 957. The number of aliphatic hydroxyl groups is 3. The molecular weight excluding hydrogens is 400 g/mol. The largest absolute Gasteiger partial charge is 0.394 e. The van der Waals surface area contributed by atoms with Crippen LogP contribution in [0.4, 0.5) is 14.5 Å². The van der Waals surface area contributed by atoms with Gasteiger partial charge in [0.1, 0.15) is 35.5 Å². The summed E-state index contributed by atoms with van der Waals surface area (Å²) in [6.07, 6.45) is -4.28. The molecule has 1 saturated carbocycles. The molecule has 9 nitrogen and oxygen atoms in total. The van der Waals surface area contributed by atoms with Crippen molar-refractivity contribution < 1.29 is 28.8 Å². The number of nitrogens with one attached hydrogen (secondary N) is 1. The van der Waals surface area contributed by atoms with E-state index >= 15 is 0 Å². The van der Waals surface area contributed by atoms with Crippen molar-refractivity contribution in [2.75, 3.05) is 11.9 Å². The molecule has 0 spiro atoms. The van der Waals surface area contributed by atoms with Crippen LogP contribution in [0.5, 0.6) is 0 Å². The molecule has 1 aliphatic heterocycles. The topological polar surface area (TPSA) is 136 Å². The zero-order valence-corrected chi connectivity index (χ0v) is 15.0. The number of pyridine rings is 1. The smallest absolute Gasteiger partial charge is 0.252 e. The second-order valence-electron chi connectivity index (χ2n) is 6.92. The number of aromatic nitrogens is 3. The fourth-order valence-corrected chi connectivity index (χ4v) is 3.73. The van der Waals surface area contributed by atoms with Gasteiger partial charge >= 0.3 is 0 Å². The molecule has 4 rings (SSSR count). The lowest BCUT2D eigenvalue weighted by Crippen LogP contribution is -2.44. The van der Waals surface area contributed by atoms with Gasteiger partial charge in [0.25, 0.3) is 5.92 Å². The fraction of sp³-hybridized carbons (Fsp3) is 0.562. The molecule has 28 heavy (non-hydrogen) atoms. The van der Waals surface area contributed by atoms with Crippen molar-refractivity contribution >= 4 is 28.5 Å². The normalized spacial score (nSPS) is 29.6. The van der Waals surface area contributed by atoms with Crippen LogP contribution in [0.3, 0.4) is 0 Å². The first-order valence-electron chi connectivity index (χ1n) is 8.48. The van der Waals surface area contributed by atoms with E-state index in [4.69, 9.17) is 16.3 Å². The Kier molecular flexibility index (Phi) is 4.64. The molecule has 0 unspecified atom stereocenters. The first kappa shape index (κ1) is 19.2. The summed E-state index contributed by atoms with van der Waals surface area (Å²) in [5, 5.41) is 41.6. The predicted octanol–water partition coefficient (Wildman–Crippen LogP) is 0.777. The Labute approximate surface area is 162 Å². The Balaban J connectivity index is 1.75. The van der Waals surface area contributed by atoms with E-state index in [9.17, 15) is 29.4 Å². The maximum absolute atomic E-state index is 13.2. The zero-order chi connectivity index (χ0) is 20.2. The van der Waals surface area contributed by atoms with Gasteiger partial charge in [-0.1, -0.05) is 11.6 Å². The monoisotopic (exact) mass is 415 g/mol. The van der Waals surface area contributed by atoms with E-state index in [0.717, 1.165) is 0 Å². The van der Waals surface area contributed by atoms with E-state index in [0.29, 0.717) is 0 Å². The lowest BCUT2D eigenvalue weighted by Gasteiger charge is -2.36. The molecule has 2 fully saturated rings. The summed E-state index contributed by atoms with van der Waals surface area (Å²) in [5.41, 5.74) is 0.459. The van der Waals surface area contributed by atoms with E-state index in [1.165, 1.54) is 10.9 Å². The number of rotatable bonds is 4. The number of imidazole rings is 1. The molecular formula is C16H16ClF2N5O4. The van der Waals surface area contributed by atoms with Crippen molar-refractivity contribution in [2.24, 2.45) is 0 Å². The fourth-order valence-electron chi connectivity index (χ4n) is 3.52. The summed E-state index contributed by atoms with van der Waals surface area (Å²) in [4.78, 5) is 8.30. The van der Waals surface area contributed by atoms with Gasteiger partial charge in [0.05, 0.1) is 18.6 Å². The molecule has 4 atom stereocenters. The van der Waals surface area contributed by atoms with Gasteiger partial charge < -0.3 is 25.4 Å². The summed E-state index contributed by atoms with van der Waals surface area (Å²) in [6.45, 7) is -0.503. The van der Waals surface area contributed by atoms with Crippen LogP contribution in [0.25, 0.3) is 11.2 Å². The predicted molar refractivity (Wildman–Crippen MR) is 91.9 cm³/mol. The minimum Gasteiger partial charge on any atom is -0.394 e. The van der Waals surface area contributed by atoms with Crippen molar-refractivity contribution in [3.05, 3.63) is 17.0 Å². The highest BCUT2D eigenvalue weighted by Gasteiger charge is 2.46. The first-order chi connectivity index (χ1) is 13.3. The van der Waals surface area contributed by atoms with Gasteiger partial charge in [-0.05, 0) is 0 Å². The van der Waals surface area contributed by atoms with E-state index in [-0.39, 0.29) is 40.4 Å². The third kappa shape index (κ3) is 2.98. The van der Waals surface area contributed by atoms with Crippen LogP contribution in [0, 0.1) is 11.3 Å². The van der Waals surface area contributed by atoms with Crippen molar-refractivity contribution in [3.8, 4) is 6.07 Å². The molecule has 12 heteroatoms. The minimum absolute atomic E-state index is 0.0317. The van der Waals surface area contributed by atoms with Crippen LogP contribution in [0.1, 0.15) is 24.6 Å². The summed E-state index contributed by atoms with van der Waals surface area (Å²) < 4.78 is 33.1. The maximum atomic E-state index is 13.2. The van der Waals surface area contributed by atoms with Crippen LogP contribution in [-0.2, 0) is 4.74 Å². The number of anilines is 1. The average molecular weight is 416 g/mol. The number of ether oxygens (including phenoxy) is 1. The molecule has 0 bridgehead atoms.